The maximum absolute atomic E-state index is 12.2. The van der Waals surface area contributed by atoms with Gasteiger partial charge in [-0.05, 0) is 39.0 Å². The molecular weight excluding hydrogens is 242 g/mol. The van der Waals surface area contributed by atoms with Gasteiger partial charge in [0.05, 0.1) is 5.41 Å². The van der Waals surface area contributed by atoms with Crippen LogP contribution in [0.4, 0.5) is 0 Å². The summed E-state index contributed by atoms with van der Waals surface area (Å²) in [4.78, 5) is 25.1. The van der Waals surface area contributed by atoms with Gasteiger partial charge in [0.25, 0.3) is 0 Å². The number of nitrogens with zero attached hydrogens (tertiary/aromatic N) is 1. The summed E-state index contributed by atoms with van der Waals surface area (Å²) in [6.07, 6.45) is 5.84. The van der Waals surface area contributed by atoms with Crippen LogP contribution in [0.2, 0.25) is 0 Å². The van der Waals surface area contributed by atoms with E-state index in [1.54, 1.807) is 13.8 Å². The zero-order chi connectivity index (χ0) is 14.5. The van der Waals surface area contributed by atoms with Gasteiger partial charge in [-0.15, -0.1) is 0 Å². The zero-order valence-corrected chi connectivity index (χ0v) is 12.4. The molecule has 1 aliphatic rings. The summed E-state index contributed by atoms with van der Waals surface area (Å²) >= 11 is 0. The minimum atomic E-state index is -0.966. The van der Waals surface area contributed by atoms with Crippen LogP contribution in [-0.2, 0) is 9.59 Å². The minimum absolute atomic E-state index is 0.00968. The van der Waals surface area contributed by atoms with Gasteiger partial charge in [0, 0.05) is 19.5 Å². The predicted molar refractivity (Wildman–Crippen MR) is 74.9 cm³/mol. The summed E-state index contributed by atoms with van der Waals surface area (Å²) in [7, 11) is 0. The van der Waals surface area contributed by atoms with Crippen molar-refractivity contribution in [1.29, 1.82) is 0 Å². The molecule has 1 atom stereocenters. The Kier molecular flexibility index (Phi) is 5.83. The monoisotopic (exact) mass is 269 g/mol. The molecule has 0 bridgehead atoms. The van der Waals surface area contributed by atoms with Gasteiger partial charge in [-0.25, -0.2) is 0 Å². The Morgan fingerprint density at radius 1 is 1.26 bits per heavy atom. The molecule has 0 aromatic heterocycles. The molecule has 4 nitrogen and oxygen atoms in total. The summed E-state index contributed by atoms with van der Waals surface area (Å²) in [5, 5.41) is 9.09. The third-order valence-corrected chi connectivity index (χ3v) is 4.07. The van der Waals surface area contributed by atoms with Crippen LogP contribution < -0.4 is 0 Å². The van der Waals surface area contributed by atoms with Crippen molar-refractivity contribution in [3.8, 4) is 0 Å². The van der Waals surface area contributed by atoms with E-state index in [0.717, 1.165) is 31.8 Å². The quantitative estimate of drug-likeness (QED) is 0.835. The molecule has 0 spiro atoms. The normalized spacial score (nSPS) is 21.0. The Morgan fingerprint density at radius 2 is 1.95 bits per heavy atom. The highest BCUT2D eigenvalue weighted by molar-refractivity contribution is 5.84. The smallest absolute Gasteiger partial charge is 0.309 e. The summed E-state index contributed by atoms with van der Waals surface area (Å²) in [5.41, 5.74) is -0.966. The molecule has 1 fully saturated rings. The zero-order valence-electron chi connectivity index (χ0n) is 12.4. The maximum atomic E-state index is 12.2. The van der Waals surface area contributed by atoms with E-state index in [9.17, 15) is 9.59 Å². The number of carboxylic acid groups (broad SMARTS) is 1. The molecule has 1 rings (SSSR count). The van der Waals surface area contributed by atoms with Crippen molar-refractivity contribution >= 4 is 11.9 Å². The molecule has 4 heteroatoms. The first kappa shape index (κ1) is 16.0. The number of carbonyl (C=O) groups is 2. The van der Waals surface area contributed by atoms with Crippen LogP contribution in [-0.4, -0.2) is 35.0 Å². The summed E-state index contributed by atoms with van der Waals surface area (Å²) in [6, 6.07) is 0. The average molecular weight is 269 g/mol. The van der Waals surface area contributed by atoms with Crippen molar-refractivity contribution in [3.05, 3.63) is 0 Å². The number of likely N-dealkylation sites (tertiary alicyclic amines) is 1. The van der Waals surface area contributed by atoms with Crippen molar-refractivity contribution in [2.24, 2.45) is 11.3 Å². The minimum Gasteiger partial charge on any atom is -0.481 e. The fourth-order valence-corrected chi connectivity index (χ4v) is 2.68. The first-order chi connectivity index (χ1) is 8.86. The fraction of sp³-hybridized carbons (Fsp3) is 0.867. The van der Waals surface area contributed by atoms with Gasteiger partial charge in [0.15, 0.2) is 0 Å². The molecule has 19 heavy (non-hydrogen) atoms. The molecule has 0 aliphatic carbocycles. The molecule has 1 saturated heterocycles. The van der Waals surface area contributed by atoms with Crippen molar-refractivity contribution in [3.63, 3.8) is 0 Å². The van der Waals surface area contributed by atoms with Crippen molar-refractivity contribution in [1.82, 2.24) is 4.90 Å². The lowest BCUT2D eigenvalue weighted by Crippen LogP contribution is -2.37. The molecule has 1 aliphatic heterocycles. The van der Waals surface area contributed by atoms with E-state index in [4.69, 9.17) is 5.11 Å². The molecule has 0 saturated carbocycles. The lowest BCUT2D eigenvalue weighted by Gasteiger charge is -2.25. The number of carboxylic acids is 1. The van der Waals surface area contributed by atoms with Crippen LogP contribution in [0.1, 0.15) is 59.3 Å². The summed E-state index contributed by atoms with van der Waals surface area (Å²) in [6.45, 7) is 7.01. The van der Waals surface area contributed by atoms with Gasteiger partial charge in [-0.2, -0.15) is 0 Å². The first-order valence-corrected chi connectivity index (χ1v) is 7.38. The number of hydrogen-bond acceptors (Lipinski definition) is 2. The summed E-state index contributed by atoms with van der Waals surface area (Å²) in [5.74, 6) is -0.181. The highest BCUT2D eigenvalue weighted by atomic mass is 16.4. The van der Waals surface area contributed by atoms with Gasteiger partial charge >= 0.3 is 5.97 Å². The highest BCUT2D eigenvalue weighted by Crippen LogP contribution is 2.25. The van der Waals surface area contributed by atoms with E-state index in [1.807, 2.05) is 4.90 Å². The predicted octanol–water partition coefficient (Wildman–Crippen LogP) is 2.92. The Hall–Kier alpha value is -1.06. The van der Waals surface area contributed by atoms with Gasteiger partial charge in [0.2, 0.25) is 5.91 Å². The SMILES string of the molecule is CCCC1CCCN(C(=O)CC(C)(C)C(=O)O)CC1. The van der Waals surface area contributed by atoms with Crippen LogP contribution >= 0.6 is 0 Å². The average Bonchev–Trinajstić information content (AvgIpc) is 2.54. The molecule has 1 heterocycles. The molecule has 1 N–H and O–H groups in total. The van der Waals surface area contributed by atoms with Gasteiger partial charge in [-0.3, -0.25) is 9.59 Å². The fourth-order valence-electron chi connectivity index (χ4n) is 2.68. The van der Waals surface area contributed by atoms with E-state index in [1.165, 1.54) is 19.3 Å². The van der Waals surface area contributed by atoms with E-state index in [2.05, 4.69) is 6.92 Å². The summed E-state index contributed by atoms with van der Waals surface area (Å²) < 4.78 is 0. The number of amides is 1. The van der Waals surface area contributed by atoms with Crippen LogP contribution in [0.5, 0.6) is 0 Å². The number of rotatable bonds is 5. The first-order valence-electron chi connectivity index (χ1n) is 7.38. The number of hydrogen-bond donors (Lipinski definition) is 1. The molecule has 0 radical (unpaired) electrons. The Bertz CT molecular complexity index is 325. The lowest BCUT2D eigenvalue weighted by molar-refractivity contribution is -0.151. The Morgan fingerprint density at radius 3 is 2.53 bits per heavy atom. The standard InChI is InChI=1S/C15H27NO3/c1-4-6-12-7-5-9-16(10-8-12)13(17)11-15(2,3)14(18)19/h12H,4-11H2,1-3H3,(H,18,19). The van der Waals surface area contributed by atoms with E-state index in [0.29, 0.717) is 0 Å². The van der Waals surface area contributed by atoms with Gasteiger partial charge < -0.3 is 10.0 Å². The number of carbonyl (C=O) groups excluding carboxylic acids is 1. The Labute approximate surface area is 116 Å². The topological polar surface area (TPSA) is 57.6 Å². The van der Waals surface area contributed by atoms with E-state index in [-0.39, 0.29) is 12.3 Å². The van der Waals surface area contributed by atoms with Gasteiger partial charge in [0.1, 0.15) is 0 Å². The van der Waals surface area contributed by atoms with Crippen LogP contribution in [0, 0.1) is 11.3 Å². The van der Waals surface area contributed by atoms with Crippen molar-refractivity contribution < 1.29 is 14.7 Å². The molecule has 1 amide bonds. The molecule has 1 unspecified atom stereocenters. The van der Waals surface area contributed by atoms with Crippen LogP contribution in [0.15, 0.2) is 0 Å². The largest absolute Gasteiger partial charge is 0.481 e. The third kappa shape index (κ3) is 4.84. The maximum Gasteiger partial charge on any atom is 0.309 e. The van der Waals surface area contributed by atoms with Gasteiger partial charge in [-0.1, -0.05) is 19.8 Å². The second kappa shape index (κ2) is 6.92. The number of aliphatic carboxylic acids is 1. The second-order valence-corrected chi connectivity index (χ2v) is 6.33. The third-order valence-electron chi connectivity index (χ3n) is 4.07. The molecule has 0 aromatic carbocycles. The molecular formula is C15H27NO3. The van der Waals surface area contributed by atoms with Crippen molar-refractivity contribution in [2.75, 3.05) is 13.1 Å². The van der Waals surface area contributed by atoms with E-state index < -0.39 is 11.4 Å². The molecule has 0 aromatic rings. The van der Waals surface area contributed by atoms with Crippen molar-refractivity contribution in [2.45, 2.75) is 59.3 Å². The molecule has 110 valence electrons. The van der Waals surface area contributed by atoms with Crippen LogP contribution in [0.3, 0.4) is 0 Å². The lowest BCUT2D eigenvalue weighted by atomic mass is 9.89. The van der Waals surface area contributed by atoms with E-state index >= 15 is 0 Å². The Balaban J connectivity index is 2.52. The van der Waals surface area contributed by atoms with Crippen LogP contribution in [0.25, 0.3) is 0 Å². The highest BCUT2D eigenvalue weighted by Gasteiger charge is 2.32. The second-order valence-electron chi connectivity index (χ2n) is 6.33.